The molecule has 0 saturated carbocycles. The fourth-order valence-electron chi connectivity index (χ4n) is 1.58. The van der Waals surface area contributed by atoms with Crippen LogP contribution in [-0.4, -0.2) is 19.1 Å². The van der Waals surface area contributed by atoms with Crippen LogP contribution in [-0.2, 0) is 6.42 Å². The van der Waals surface area contributed by atoms with E-state index < -0.39 is 0 Å². The number of rotatable bonds is 6. The number of likely N-dealkylation sites (N-methyl/N-ethyl adjacent to an activating group) is 1. The molecule has 0 aliphatic carbocycles. The minimum absolute atomic E-state index is 0.459. The summed E-state index contributed by atoms with van der Waals surface area (Å²) in [4.78, 5) is 0. The van der Waals surface area contributed by atoms with E-state index in [0.717, 1.165) is 25.9 Å². The molecule has 1 unspecified atom stereocenters. The fourth-order valence-corrected chi connectivity index (χ4v) is 1.58. The van der Waals surface area contributed by atoms with Gasteiger partial charge in [0.1, 0.15) is 0 Å². The third kappa shape index (κ3) is 3.90. The first-order chi connectivity index (χ1) is 6.86. The van der Waals surface area contributed by atoms with Crippen molar-refractivity contribution in [1.29, 1.82) is 0 Å². The average Bonchev–Trinajstić information content (AvgIpc) is 2.25. The van der Waals surface area contributed by atoms with Crippen LogP contribution < -0.4 is 11.1 Å². The Kier molecular flexibility index (Phi) is 5.27. The van der Waals surface area contributed by atoms with Gasteiger partial charge in [-0.25, -0.2) is 0 Å². The zero-order chi connectivity index (χ0) is 10.2. The Morgan fingerprint density at radius 1 is 1.29 bits per heavy atom. The normalized spacial score (nSPS) is 12.7. The van der Waals surface area contributed by atoms with E-state index >= 15 is 0 Å². The zero-order valence-electron chi connectivity index (χ0n) is 8.87. The maximum Gasteiger partial charge on any atom is 0.0193 e. The molecule has 78 valence electrons. The highest BCUT2D eigenvalue weighted by molar-refractivity contribution is 5.14. The van der Waals surface area contributed by atoms with Crippen molar-refractivity contribution >= 4 is 0 Å². The molecular formula is C12H20N2. The van der Waals surface area contributed by atoms with Crippen LogP contribution in [0.2, 0.25) is 0 Å². The molecule has 0 aromatic heterocycles. The second-order valence-electron chi connectivity index (χ2n) is 3.51. The third-order valence-corrected chi connectivity index (χ3v) is 2.40. The molecule has 0 bridgehead atoms. The Morgan fingerprint density at radius 2 is 2.00 bits per heavy atom. The predicted octanol–water partition coefficient (Wildman–Crippen LogP) is 1.56. The van der Waals surface area contributed by atoms with Crippen LogP contribution in [0.4, 0.5) is 0 Å². The number of hydrogen-bond donors (Lipinski definition) is 2. The van der Waals surface area contributed by atoms with E-state index in [4.69, 9.17) is 5.73 Å². The van der Waals surface area contributed by atoms with Gasteiger partial charge in [-0.15, -0.1) is 0 Å². The van der Waals surface area contributed by atoms with Gasteiger partial charge in [-0.1, -0.05) is 37.3 Å². The third-order valence-electron chi connectivity index (χ3n) is 2.40. The standard InChI is InChI=1S/C12H20N2/c1-2-14-12(10-13)9-8-11-6-4-3-5-7-11/h3-7,12,14H,2,8-10,13H2,1H3. The SMILES string of the molecule is CCNC(CN)CCc1ccccc1. The predicted molar refractivity (Wildman–Crippen MR) is 61.3 cm³/mol. The van der Waals surface area contributed by atoms with Crippen molar-refractivity contribution in [2.24, 2.45) is 5.73 Å². The summed E-state index contributed by atoms with van der Waals surface area (Å²) in [6.07, 6.45) is 2.23. The summed E-state index contributed by atoms with van der Waals surface area (Å²) in [5.74, 6) is 0. The summed E-state index contributed by atoms with van der Waals surface area (Å²) < 4.78 is 0. The maximum atomic E-state index is 5.66. The first kappa shape index (κ1) is 11.2. The highest BCUT2D eigenvalue weighted by Crippen LogP contribution is 2.04. The average molecular weight is 192 g/mol. The van der Waals surface area contributed by atoms with Gasteiger partial charge in [0, 0.05) is 12.6 Å². The van der Waals surface area contributed by atoms with E-state index in [1.807, 2.05) is 6.07 Å². The van der Waals surface area contributed by atoms with Crippen molar-refractivity contribution in [3.05, 3.63) is 35.9 Å². The molecule has 1 atom stereocenters. The number of aryl methyl sites for hydroxylation is 1. The molecule has 3 N–H and O–H groups in total. The van der Waals surface area contributed by atoms with Crippen LogP contribution in [0.1, 0.15) is 18.9 Å². The van der Waals surface area contributed by atoms with Crippen molar-refractivity contribution in [1.82, 2.24) is 5.32 Å². The minimum atomic E-state index is 0.459. The van der Waals surface area contributed by atoms with Gasteiger partial charge in [0.2, 0.25) is 0 Å². The van der Waals surface area contributed by atoms with Crippen LogP contribution in [0, 0.1) is 0 Å². The maximum absolute atomic E-state index is 5.66. The monoisotopic (exact) mass is 192 g/mol. The summed E-state index contributed by atoms with van der Waals surface area (Å²) in [5, 5.41) is 3.38. The van der Waals surface area contributed by atoms with Gasteiger partial charge in [-0.2, -0.15) is 0 Å². The Labute approximate surface area is 86.5 Å². The lowest BCUT2D eigenvalue weighted by molar-refractivity contribution is 0.502. The van der Waals surface area contributed by atoms with E-state index in [1.165, 1.54) is 5.56 Å². The summed E-state index contributed by atoms with van der Waals surface area (Å²) in [6.45, 7) is 3.84. The molecular weight excluding hydrogens is 172 g/mol. The van der Waals surface area contributed by atoms with Gasteiger partial charge in [-0.3, -0.25) is 0 Å². The van der Waals surface area contributed by atoms with E-state index in [9.17, 15) is 0 Å². The largest absolute Gasteiger partial charge is 0.329 e. The van der Waals surface area contributed by atoms with E-state index in [2.05, 4.69) is 36.5 Å². The molecule has 2 heteroatoms. The Bertz CT molecular complexity index is 233. The molecule has 0 aliphatic rings. The highest BCUT2D eigenvalue weighted by Gasteiger charge is 2.03. The van der Waals surface area contributed by atoms with Crippen molar-refractivity contribution in [2.45, 2.75) is 25.8 Å². The molecule has 0 spiro atoms. The Hall–Kier alpha value is -0.860. The molecule has 14 heavy (non-hydrogen) atoms. The van der Waals surface area contributed by atoms with Gasteiger partial charge in [0.15, 0.2) is 0 Å². The van der Waals surface area contributed by atoms with Gasteiger partial charge < -0.3 is 11.1 Å². The fraction of sp³-hybridized carbons (Fsp3) is 0.500. The summed E-state index contributed by atoms with van der Waals surface area (Å²) in [6, 6.07) is 11.0. The number of nitrogens with one attached hydrogen (secondary N) is 1. The van der Waals surface area contributed by atoms with Crippen LogP contribution in [0.25, 0.3) is 0 Å². The van der Waals surface area contributed by atoms with E-state index in [1.54, 1.807) is 0 Å². The first-order valence-corrected chi connectivity index (χ1v) is 5.34. The minimum Gasteiger partial charge on any atom is -0.329 e. The molecule has 2 nitrogen and oxygen atoms in total. The molecule has 0 aliphatic heterocycles. The molecule has 1 aromatic rings. The lowest BCUT2D eigenvalue weighted by atomic mass is 10.1. The van der Waals surface area contributed by atoms with Crippen molar-refractivity contribution in [3.63, 3.8) is 0 Å². The van der Waals surface area contributed by atoms with Gasteiger partial charge in [0.25, 0.3) is 0 Å². The van der Waals surface area contributed by atoms with Crippen molar-refractivity contribution in [2.75, 3.05) is 13.1 Å². The lowest BCUT2D eigenvalue weighted by Crippen LogP contribution is -2.36. The smallest absolute Gasteiger partial charge is 0.0193 e. The quantitative estimate of drug-likeness (QED) is 0.718. The zero-order valence-corrected chi connectivity index (χ0v) is 8.87. The summed E-state index contributed by atoms with van der Waals surface area (Å²) >= 11 is 0. The van der Waals surface area contributed by atoms with Crippen LogP contribution in [0.5, 0.6) is 0 Å². The van der Waals surface area contributed by atoms with Crippen molar-refractivity contribution in [3.8, 4) is 0 Å². The highest BCUT2D eigenvalue weighted by atomic mass is 14.9. The second-order valence-corrected chi connectivity index (χ2v) is 3.51. The number of nitrogens with two attached hydrogens (primary N) is 1. The van der Waals surface area contributed by atoms with E-state index in [0.29, 0.717) is 6.04 Å². The van der Waals surface area contributed by atoms with Crippen LogP contribution in [0.15, 0.2) is 30.3 Å². The molecule has 0 radical (unpaired) electrons. The summed E-state index contributed by atoms with van der Waals surface area (Å²) in [7, 11) is 0. The molecule has 1 aromatic carbocycles. The first-order valence-electron chi connectivity index (χ1n) is 5.34. The van der Waals surface area contributed by atoms with Crippen molar-refractivity contribution < 1.29 is 0 Å². The number of benzene rings is 1. The summed E-state index contributed by atoms with van der Waals surface area (Å²) in [5.41, 5.74) is 7.05. The molecule has 0 saturated heterocycles. The van der Waals surface area contributed by atoms with Gasteiger partial charge in [0.05, 0.1) is 0 Å². The molecule has 0 amide bonds. The van der Waals surface area contributed by atoms with Crippen LogP contribution >= 0.6 is 0 Å². The number of hydrogen-bond acceptors (Lipinski definition) is 2. The lowest BCUT2D eigenvalue weighted by Gasteiger charge is -2.15. The second kappa shape index (κ2) is 6.57. The van der Waals surface area contributed by atoms with E-state index in [-0.39, 0.29) is 0 Å². The molecule has 0 fully saturated rings. The Balaban J connectivity index is 2.32. The molecule has 1 rings (SSSR count). The topological polar surface area (TPSA) is 38.0 Å². The molecule has 0 heterocycles. The Morgan fingerprint density at radius 3 is 2.57 bits per heavy atom. The van der Waals surface area contributed by atoms with Gasteiger partial charge in [-0.05, 0) is 24.9 Å². The van der Waals surface area contributed by atoms with Gasteiger partial charge >= 0.3 is 0 Å². The van der Waals surface area contributed by atoms with Crippen LogP contribution in [0.3, 0.4) is 0 Å².